The highest BCUT2D eigenvalue weighted by atomic mass is 16.6. The first-order valence-corrected chi connectivity index (χ1v) is 7.88. The van der Waals surface area contributed by atoms with Crippen LogP contribution < -0.4 is 0 Å². The molecule has 0 fully saturated rings. The molecular weight excluding hydrogens is 318 g/mol. The minimum atomic E-state index is -0.480. The maximum atomic E-state index is 12.9. The van der Waals surface area contributed by atoms with Crippen LogP contribution in [0.15, 0.2) is 42.5 Å². The van der Waals surface area contributed by atoms with Crippen molar-refractivity contribution in [3.8, 4) is 6.07 Å². The van der Waals surface area contributed by atoms with Gasteiger partial charge in [-0.05, 0) is 44.5 Å². The summed E-state index contributed by atoms with van der Waals surface area (Å²) in [6, 6.07) is 13.5. The number of rotatable bonds is 5. The van der Waals surface area contributed by atoms with Crippen LogP contribution in [0.5, 0.6) is 0 Å². The molecule has 0 N–H and O–H groups in total. The number of aryl methyl sites for hydroxylation is 1. The Morgan fingerprint density at radius 2 is 1.88 bits per heavy atom. The zero-order valence-electron chi connectivity index (χ0n) is 14.4. The van der Waals surface area contributed by atoms with Crippen LogP contribution in [0.4, 0.5) is 5.69 Å². The fourth-order valence-electron chi connectivity index (χ4n) is 2.48. The van der Waals surface area contributed by atoms with Crippen LogP contribution in [-0.4, -0.2) is 21.8 Å². The van der Waals surface area contributed by atoms with E-state index in [-0.39, 0.29) is 17.6 Å². The van der Waals surface area contributed by atoms with E-state index < -0.39 is 4.92 Å². The monoisotopic (exact) mass is 337 g/mol. The number of carbonyl (C=O) groups excluding carboxylic acids is 1. The van der Waals surface area contributed by atoms with E-state index in [0.29, 0.717) is 23.2 Å². The third kappa shape index (κ3) is 4.21. The standard InChI is InChI=1S/C19H19N3O3/c1-13(2)21(12-16-7-5-15(11-20)6-8-16)19(23)17-9-4-14(3)18(10-17)22(24)25/h4-10,13H,12H2,1-3H3. The lowest BCUT2D eigenvalue weighted by Gasteiger charge is -2.27. The van der Waals surface area contributed by atoms with Crippen molar-refractivity contribution in [3.63, 3.8) is 0 Å². The van der Waals surface area contributed by atoms with Crippen molar-refractivity contribution in [2.45, 2.75) is 33.4 Å². The zero-order valence-corrected chi connectivity index (χ0v) is 14.4. The van der Waals surface area contributed by atoms with Gasteiger partial charge in [-0.2, -0.15) is 5.26 Å². The summed E-state index contributed by atoms with van der Waals surface area (Å²) in [6.45, 7) is 5.79. The Labute approximate surface area is 146 Å². The predicted molar refractivity (Wildman–Crippen MR) is 94.0 cm³/mol. The van der Waals surface area contributed by atoms with E-state index in [1.165, 1.54) is 6.07 Å². The SMILES string of the molecule is Cc1ccc(C(=O)N(Cc2ccc(C#N)cc2)C(C)C)cc1[N+](=O)[O-]. The molecule has 0 saturated heterocycles. The van der Waals surface area contributed by atoms with Crippen molar-refractivity contribution in [2.24, 2.45) is 0 Å². The highest BCUT2D eigenvalue weighted by Gasteiger charge is 2.22. The van der Waals surface area contributed by atoms with Gasteiger partial charge in [0.2, 0.25) is 0 Å². The minimum Gasteiger partial charge on any atom is -0.332 e. The quantitative estimate of drug-likeness (QED) is 0.613. The Morgan fingerprint density at radius 1 is 1.24 bits per heavy atom. The van der Waals surface area contributed by atoms with Crippen molar-refractivity contribution >= 4 is 11.6 Å². The van der Waals surface area contributed by atoms with Crippen LogP contribution in [-0.2, 0) is 6.54 Å². The molecule has 0 heterocycles. The van der Waals surface area contributed by atoms with Crippen LogP contribution in [0.1, 0.15) is 40.9 Å². The number of amides is 1. The molecule has 0 unspecified atom stereocenters. The number of hydrogen-bond donors (Lipinski definition) is 0. The molecule has 0 aliphatic carbocycles. The number of nitriles is 1. The Bertz CT molecular complexity index is 836. The second kappa shape index (κ2) is 7.58. The lowest BCUT2D eigenvalue weighted by Crippen LogP contribution is -2.36. The highest BCUT2D eigenvalue weighted by Crippen LogP contribution is 2.22. The minimum absolute atomic E-state index is 0.0621. The Morgan fingerprint density at radius 3 is 2.40 bits per heavy atom. The predicted octanol–water partition coefficient (Wildman–Crippen LogP) is 3.83. The molecule has 2 rings (SSSR count). The third-order valence-corrected chi connectivity index (χ3v) is 3.97. The van der Waals surface area contributed by atoms with Crippen molar-refractivity contribution in [1.82, 2.24) is 4.90 Å². The van der Waals surface area contributed by atoms with Crippen LogP contribution in [0.2, 0.25) is 0 Å². The maximum Gasteiger partial charge on any atom is 0.273 e. The Balaban J connectivity index is 2.30. The van der Waals surface area contributed by atoms with Gasteiger partial charge in [0.1, 0.15) is 0 Å². The molecule has 0 radical (unpaired) electrons. The average Bonchev–Trinajstić information content (AvgIpc) is 2.59. The molecule has 2 aromatic rings. The van der Waals surface area contributed by atoms with E-state index in [2.05, 4.69) is 6.07 Å². The number of hydrogen-bond acceptors (Lipinski definition) is 4. The molecule has 2 aromatic carbocycles. The zero-order chi connectivity index (χ0) is 18.6. The highest BCUT2D eigenvalue weighted by molar-refractivity contribution is 5.95. The van der Waals surface area contributed by atoms with E-state index in [0.717, 1.165) is 5.56 Å². The van der Waals surface area contributed by atoms with Crippen LogP contribution in [0.25, 0.3) is 0 Å². The van der Waals surface area contributed by atoms with E-state index in [4.69, 9.17) is 5.26 Å². The molecule has 25 heavy (non-hydrogen) atoms. The number of nitro groups is 1. The van der Waals surface area contributed by atoms with Crippen molar-refractivity contribution in [1.29, 1.82) is 5.26 Å². The lowest BCUT2D eigenvalue weighted by atomic mass is 10.1. The molecule has 0 aromatic heterocycles. The summed E-state index contributed by atoms with van der Waals surface area (Å²) in [7, 11) is 0. The van der Waals surface area contributed by atoms with Gasteiger partial charge >= 0.3 is 0 Å². The molecule has 0 aliphatic heterocycles. The fourth-order valence-corrected chi connectivity index (χ4v) is 2.48. The molecule has 6 heteroatoms. The largest absolute Gasteiger partial charge is 0.332 e. The summed E-state index contributed by atoms with van der Waals surface area (Å²) in [5, 5.41) is 20.0. The van der Waals surface area contributed by atoms with Gasteiger partial charge in [0.05, 0.1) is 16.6 Å². The van der Waals surface area contributed by atoms with Crippen molar-refractivity contribution < 1.29 is 9.72 Å². The lowest BCUT2D eigenvalue weighted by molar-refractivity contribution is -0.385. The fraction of sp³-hybridized carbons (Fsp3) is 0.263. The second-order valence-electron chi connectivity index (χ2n) is 6.09. The topological polar surface area (TPSA) is 87.2 Å². The second-order valence-corrected chi connectivity index (χ2v) is 6.09. The van der Waals surface area contributed by atoms with E-state index in [1.54, 1.807) is 48.2 Å². The summed E-state index contributed by atoms with van der Waals surface area (Å²) in [6.07, 6.45) is 0. The van der Waals surface area contributed by atoms with Gasteiger partial charge in [-0.25, -0.2) is 0 Å². The number of nitrogens with zero attached hydrogens (tertiary/aromatic N) is 3. The number of benzene rings is 2. The van der Waals surface area contributed by atoms with Gasteiger partial charge in [-0.15, -0.1) is 0 Å². The number of nitro benzene ring substituents is 1. The first-order chi connectivity index (χ1) is 11.8. The molecular formula is C19H19N3O3. The molecule has 1 amide bonds. The van der Waals surface area contributed by atoms with Gasteiger partial charge in [0.25, 0.3) is 11.6 Å². The smallest absolute Gasteiger partial charge is 0.273 e. The summed E-state index contributed by atoms with van der Waals surface area (Å²) in [5.41, 5.74) is 2.19. The summed E-state index contributed by atoms with van der Waals surface area (Å²) < 4.78 is 0. The van der Waals surface area contributed by atoms with E-state index in [1.807, 2.05) is 13.8 Å². The summed E-state index contributed by atoms with van der Waals surface area (Å²) in [5.74, 6) is -0.262. The molecule has 0 atom stereocenters. The Kier molecular flexibility index (Phi) is 5.50. The van der Waals surface area contributed by atoms with Gasteiger partial charge in [-0.1, -0.05) is 18.2 Å². The van der Waals surface area contributed by atoms with E-state index in [9.17, 15) is 14.9 Å². The average molecular weight is 337 g/mol. The summed E-state index contributed by atoms with van der Waals surface area (Å²) >= 11 is 0. The van der Waals surface area contributed by atoms with Gasteiger partial charge in [-0.3, -0.25) is 14.9 Å². The summed E-state index contributed by atoms with van der Waals surface area (Å²) in [4.78, 5) is 25.1. The normalized spacial score (nSPS) is 10.4. The third-order valence-electron chi connectivity index (χ3n) is 3.97. The van der Waals surface area contributed by atoms with Crippen molar-refractivity contribution in [2.75, 3.05) is 0 Å². The van der Waals surface area contributed by atoms with E-state index >= 15 is 0 Å². The molecule has 6 nitrogen and oxygen atoms in total. The van der Waals surface area contributed by atoms with Gasteiger partial charge in [0.15, 0.2) is 0 Å². The van der Waals surface area contributed by atoms with Crippen LogP contribution in [0, 0.1) is 28.4 Å². The maximum absolute atomic E-state index is 12.9. The first kappa shape index (κ1) is 18.1. The van der Waals surface area contributed by atoms with Crippen LogP contribution in [0.3, 0.4) is 0 Å². The first-order valence-electron chi connectivity index (χ1n) is 7.88. The molecule has 0 aliphatic rings. The van der Waals surface area contributed by atoms with Crippen LogP contribution >= 0.6 is 0 Å². The molecule has 0 spiro atoms. The number of carbonyl (C=O) groups is 1. The van der Waals surface area contributed by atoms with Gasteiger partial charge < -0.3 is 4.90 Å². The molecule has 0 saturated carbocycles. The van der Waals surface area contributed by atoms with Gasteiger partial charge in [0, 0.05) is 29.8 Å². The van der Waals surface area contributed by atoms with Crippen molar-refractivity contribution in [3.05, 3.63) is 74.8 Å². The molecule has 128 valence electrons. The molecule has 0 bridgehead atoms. The Hall–Kier alpha value is -3.20.